The van der Waals surface area contributed by atoms with Crippen molar-refractivity contribution >= 4 is 5.78 Å². The van der Waals surface area contributed by atoms with Gasteiger partial charge in [-0.25, -0.2) is 0 Å². The summed E-state index contributed by atoms with van der Waals surface area (Å²) >= 11 is 0. The maximum Gasteiger partial charge on any atom is 0.169 e. The van der Waals surface area contributed by atoms with Gasteiger partial charge in [0.25, 0.3) is 0 Å². The summed E-state index contributed by atoms with van der Waals surface area (Å²) in [4.78, 5) is 13.5. The van der Waals surface area contributed by atoms with E-state index in [-0.39, 0.29) is 5.78 Å². The molecule has 1 aliphatic rings. The number of rotatable bonds is 2. The fourth-order valence-electron chi connectivity index (χ4n) is 1.87. The minimum atomic E-state index is 0.198. The van der Waals surface area contributed by atoms with E-state index in [1.165, 1.54) is 5.56 Å². The monoisotopic (exact) mass is 201 g/mol. The van der Waals surface area contributed by atoms with E-state index >= 15 is 0 Å². The summed E-state index contributed by atoms with van der Waals surface area (Å²) < 4.78 is 0. The maximum absolute atomic E-state index is 11.3. The summed E-state index contributed by atoms with van der Waals surface area (Å²) in [5.74, 6) is 0.198. The number of carbonyl (C=O) groups is 1. The SMILES string of the molecule is C[C@H](c1ccccc1)N1CC=CC(=O)C1. The van der Waals surface area contributed by atoms with Crippen molar-refractivity contribution in [1.82, 2.24) is 4.90 Å². The van der Waals surface area contributed by atoms with Crippen molar-refractivity contribution in [2.75, 3.05) is 13.1 Å². The topological polar surface area (TPSA) is 20.3 Å². The zero-order valence-electron chi connectivity index (χ0n) is 8.89. The summed E-state index contributed by atoms with van der Waals surface area (Å²) in [6, 6.07) is 10.6. The molecule has 0 saturated heterocycles. The van der Waals surface area contributed by atoms with E-state index in [1.807, 2.05) is 24.3 Å². The molecule has 0 unspecified atom stereocenters. The predicted octanol–water partition coefficient (Wildman–Crippen LogP) is 2.19. The molecule has 0 aromatic heterocycles. The van der Waals surface area contributed by atoms with Gasteiger partial charge in [0.05, 0.1) is 6.54 Å². The van der Waals surface area contributed by atoms with Gasteiger partial charge >= 0.3 is 0 Å². The Labute approximate surface area is 90.2 Å². The number of hydrogen-bond donors (Lipinski definition) is 0. The van der Waals surface area contributed by atoms with Gasteiger partial charge < -0.3 is 0 Å². The molecule has 1 atom stereocenters. The van der Waals surface area contributed by atoms with E-state index in [0.29, 0.717) is 12.6 Å². The highest BCUT2D eigenvalue weighted by Gasteiger charge is 2.18. The van der Waals surface area contributed by atoms with Crippen LogP contribution >= 0.6 is 0 Å². The lowest BCUT2D eigenvalue weighted by atomic mass is 10.1. The summed E-state index contributed by atoms with van der Waals surface area (Å²) in [5, 5.41) is 0. The number of hydrogen-bond acceptors (Lipinski definition) is 2. The van der Waals surface area contributed by atoms with Gasteiger partial charge in [-0.15, -0.1) is 0 Å². The number of carbonyl (C=O) groups excluding carboxylic acids is 1. The molecule has 2 rings (SSSR count). The number of ketones is 1. The first-order chi connectivity index (χ1) is 7.27. The van der Waals surface area contributed by atoms with Crippen molar-refractivity contribution in [3.8, 4) is 0 Å². The molecular weight excluding hydrogens is 186 g/mol. The minimum absolute atomic E-state index is 0.198. The number of nitrogens with zero attached hydrogens (tertiary/aromatic N) is 1. The highest BCUT2D eigenvalue weighted by atomic mass is 16.1. The van der Waals surface area contributed by atoms with E-state index in [9.17, 15) is 4.79 Å². The third-order valence-electron chi connectivity index (χ3n) is 2.83. The van der Waals surface area contributed by atoms with Crippen LogP contribution in [0.4, 0.5) is 0 Å². The molecule has 0 radical (unpaired) electrons. The summed E-state index contributed by atoms with van der Waals surface area (Å²) in [5.41, 5.74) is 1.26. The molecular formula is C13H15NO. The van der Waals surface area contributed by atoms with Crippen LogP contribution in [0.5, 0.6) is 0 Å². The van der Waals surface area contributed by atoms with Crippen LogP contribution in [0.25, 0.3) is 0 Å². The number of benzene rings is 1. The molecule has 0 aliphatic carbocycles. The highest BCUT2D eigenvalue weighted by molar-refractivity contribution is 5.92. The van der Waals surface area contributed by atoms with Crippen molar-refractivity contribution < 1.29 is 4.79 Å². The Morgan fingerprint density at radius 3 is 2.67 bits per heavy atom. The average Bonchev–Trinajstić information content (AvgIpc) is 2.29. The van der Waals surface area contributed by atoms with Crippen LogP contribution in [0, 0.1) is 0 Å². The zero-order valence-corrected chi connectivity index (χ0v) is 8.89. The predicted molar refractivity (Wildman–Crippen MR) is 60.6 cm³/mol. The van der Waals surface area contributed by atoms with Gasteiger partial charge in [-0.3, -0.25) is 9.69 Å². The normalized spacial score (nSPS) is 19.1. The molecule has 0 saturated carbocycles. The standard InChI is InChI=1S/C13H15NO/c1-11(12-6-3-2-4-7-12)14-9-5-8-13(15)10-14/h2-8,11H,9-10H2,1H3/t11-/m1/s1. The van der Waals surface area contributed by atoms with Crippen LogP contribution in [0.2, 0.25) is 0 Å². The van der Waals surface area contributed by atoms with Crippen molar-refractivity contribution in [3.05, 3.63) is 48.0 Å². The van der Waals surface area contributed by atoms with E-state index in [1.54, 1.807) is 6.08 Å². The lowest BCUT2D eigenvalue weighted by Crippen LogP contribution is -2.34. The molecule has 1 heterocycles. The molecule has 78 valence electrons. The average molecular weight is 201 g/mol. The molecule has 2 nitrogen and oxygen atoms in total. The van der Waals surface area contributed by atoms with Crippen LogP contribution < -0.4 is 0 Å². The third-order valence-corrected chi connectivity index (χ3v) is 2.83. The maximum atomic E-state index is 11.3. The van der Waals surface area contributed by atoms with Crippen LogP contribution in [-0.2, 0) is 4.79 Å². The van der Waals surface area contributed by atoms with E-state index < -0.39 is 0 Å². The smallest absolute Gasteiger partial charge is 0.169 e. The Kier molecular flexibility index (Phi) is 2.97. The van der Waals surface area contributed by atoms with Gasteiger partial charge in [0.2, 0.25) is 0 Å². The van der Waals surface area contributed by atoms with Crippen molar-refractivity contribution in [3.63, 3.8) is 0 Å². The van der Waals surface area contributed by atoms with Gasteiger partial charge in [0.15, 0.2) is 5.78 Å². The van der Waals surface area contributed by atoms with Gasteiger partial charge in [-0.05, 0) is 18.6 Å². The van der Waals surface area contributed by atoms with E-state index in [2.05, 4.69) is 24.0 Å². The van der Waals surface area contributed by atoms with E-state index in [0.717, 1.165) is 6.54 Å². The van der Waals surface area contributed by atoms with E-state index in [4.69, 9.17) is 0 Å². The highest BCUT2D eigenvalue weighted by Crippen LogP contribution is 2.20. The second-order valence-electron chi connectivity index (χ2n) is 3.88. The van der Waals surface area contributed by atoms with Crippen LogP contribution in [0.1, 0.15) is 18.5 Å². The van der Waals surface area contributed by atoms with Gasteiger partial charge in [0.1, 0.15) is 0 Å². The van der Waals surface area contributed by atoms with Gasteiger partial charge in [-0.2, -0.15) is 0 Å². The Balaban J connectivity index is 2.12. The van der Waals surface area contributed by atoms with Gasteiger partial charge in [-0.1, -0.05) is 36.4 Å². The molecule has 15 heavy (non-hydrogen) atoms. The molecule has 0 bridgehead atoms. The summed E-state index contributed by atoms with van der Waals surface area (Å²) in [7, 11) is 0. The summed E-state index contributed by atoms with van der Waals surface area (Å²) in [6.07, 6.45) is 3.61. The molecule has 1 aliphatic heterocycles. The van der Waals surface area contributed by atoms with Gasteiger partial charge in [0, 0.05) is 12.6 Å². The molecule has 0 amide bonds. The van der Waals surface area contributed by atoms with Crippen LogP contribution in [0.15, 0.2) is 42.5 Å². The Hall–Kier alpha value is -1.41. The first-order valence-electron chi connectivity index (χ1n) is 5.26. The molecule has 1 aromatic carbocycles. The lowest BCUT2D eigenvalue weighted by molar-refractivity contribution is -0.116. The quantitative estimate of drug-likeness (QED) is 0.731. The second-order valence-corrected chi connectivity index (χ2v) is 3.88. The second kappa shape index (κ2) is 4.41. The molecule has 0 fully saturated rings. The zero-order chi connectivity index (χ0) is 10.7. The van der Waals surface area contributed by atoms with Crippen molar-refractivity contribution in [1.29, 1.82) is 0 Å². The first kappa shape index (κ1) is 10.1. The van der Waals surface area contributed by atoms with Crippen LogP contribution in [-0.4, -0.2) is 23.8 Å². The van der Waals surface area contributed by atoms with Crippen molar-refractivity contribution in [2.45, 2.75) is 13.0 Å². The first-order valence-corrected chi connectivity index (χ1v) is 5.26. The molecule has 2 heteroatoms. The molecule has 1 aromatic rings. The van der Waals surface area contributed by atoms with Crippen LogP contribution in [0.3, 0.4) is 0 Å². The fraction of sp³-hybridized carbons (Fsp3) is 0.308. The lowest BCUT2D eigenvalue weighted by Gasteiger charge is -2.29. The molecule has 0 N–H and O–H groups in total. The minimum Gasteiger partial charge on any atom is -0.293 e. The third kappa shape index (κ3) is 2.34. The Morgan fingerprint density at radius 1 is 1.27 bits per heavy atom. The summed E-state index contributed by atoms with van der Waals surface area (Å²) in [6.45, 7) is 3.54. The largest absolute Gasteiger partial charge is 0.293 e. The van der Waals surface area contributed by atoms with Crippen molar-refractivity contribution in [2.24, 2.45) is 0 Å². The fourth-order valence-corrected chi connectivity index (χ4v) is 1.87. The Bertz CT molecular complexity index is 369. The Morgan fingerprint density at radius 2 is 2.00 bits per heavy atom. The molecule has 0 spiro atoms.